The second-order valence-electron chi connectivity index (χ2n) is 2.39. The highest BCUT2D eigenvalue weighted by molar-refractivity contribution is 8.01. The molecule has 0 aromatic heterocycles. The van der Waals surface area contributed by atoms with Gasteiger partial charge in [0.2, 0.25) is 0 Å². The Morgan fingerprint density at radius 3 is 2.27 bits per heavy atom. The van der Waals surface area contributed by atoms with Crippen LogP contribution in [0.2, 0.25) is 0 Å². The second-order valence-corrected chi connectivity index (χ2v) is 3.77. The molecule has 0 aliphatic carbocycles. The molecular formula is C6H9NO3S. The zero-order valence-electron chi connectivity index (χ0n) is 5.71. The Morgan fingerprint density at radius 1 is 1.36 bits per heavy atom. The fourth-order valence-electron chi connectivity index (χ4n) is 1.01. The number of thioether (sulfide) groups is 1. The van der Waals surface area contributed by atoms with Gasteiger partial charge in [-0.1, -0.05) is 0 Å². The van der Waals surface area contributed by atoms with Crippen molar-refractivity contribution in [1.82, 2.24) is 0 Å². The summed E-state index contributed by atoms with van der Waals surface area (Å²) in [5.74, 6) is 0. The predicted molar refractivity (Wildman–Crippen MR) is 39.9 cm³/mol. The van der Waals surface area contributed by atoms with Gasteiger partial charge in [-0.25, -0.2) is 0 Å². The standard InChI is InChI=1S/C6H9NO3S/c7-1-3-5(9)6(10)4(2-8)11-3/h3-6,8-10H,2H2. The second kappa shape index (κ2) is 3.41. The van der Waals surface area contributed by atoms with Crippen LogP contribution in [0.5, 0.6) is 0 Å². The van der Waals surface area contributed by atoms with Crippen LogP contribution in [0.3, 0.4) is 0 Å². The van der Waals surface area contributed by atoms with Crippen LogP contribution in [0.25, 0.3) is 0 Å². The van der Waals surface area contributed by atoms with Gasteiger partial charge in [0.1, 0.15) is 11.4 Å². The maximum Gasteiger partial charge on any atom is 0.121 e. The molecule has 11 heavy (non-hydrogen) atoms. The third-order valence-electron chi connectivity index (χ3n) is 1.67. The molecule has 4 nitrogen and oxygen atoms in total. The Kier molecular flexibility index (Phi) is 2.73. The lowest BCUT2D eigenvalue weighted by atomic mass is 10.1. The van der Waals surface area contributed by atoms with Crippen molar-refractivity contribution in [2.45, 2.75) is 22.7 Å². The first kappa shape index (κ1) is 8.81. The van der Waals surface area contributed by atoms with Gasteiger partial charge in [0.05, 0.1) is 24.0 Å². The topological polar surface area (TPSA) is 84.5 Å². The van der Waals surface area contributed by atoms with Crippen molar-refractivity contribution < 1.29 is 15.3 Å². The van der Waals surface area contributed by atoms with E-state index >= 15 is 0 Å². The molecule has 1 heterocycles. The van der Waals surface area contributed by atoms with Crippen molar-refractivity contribution in [2.24, 2.45) is 0 Å². The molecule has 1 rings (SSSR count). The molecule has 0 amide bonds. The summed E-state index contributed by atoms with van der Waals surface area (Å²) in [6.07, 6.45) is -2.00. The van der Waals surface area contributed by atoms with Crippen LogP contribution in [-0.2, 0) is 0 Å². The van der Waals surface area contributed by atoms with Crippen LogP contribution >= 0.6 is 11.8 Å². The molecule has 0 aromatic carbocycles. The van der Waals surface area contributed by atoms with E-state index in [1.54, 1.807) is 0 Å². The van der Waals surface area contributed by atoms with Crippen molar-refractivity contribution in [1.29, 1.82) is 5.26 Å². The molecule has 1 saturated heterocycles. The number of nitrogens with zero attached hydrogens (tertiary/aromatic N) is 1. The van der Waals surface area contributed by atoms with Crippen LogP contribution in [0.15, 0.2) is 0 Å². The lowest BCUT2D eigenvalue weighted by molar-refractivity contribution is 0.0258. The van der Waals surface area contributed by atoms with E-state index in [0.29, 0.717) is 0 Å². The Bertz CT molecular complexity index is 181. The quantitative estimate of drug-likeness (QED) is 0.461. The Hall–Kier alpha value is -0.280. The predicted octanol–water partition coefficient (Wildman–Crippen LogP) is -1.29. The molecule has 3 N–H and O–H groups in total. The smallest absolute Gasteiger partial charge is 0.121 e. The van der Waals surface area contributed by atoms with Crippen LogP contribution < -0.4 is 0 Å². The molecule has 1 fully saturated rings. The molecule has 1 aliphatic rings. The zero-order chi connectivity index (χ0) is 8.43. The third-order valence-corrected chi connectivity index (χ3v) is 3.12. The van der Waals surface area contributed by atoms with Crippen molar-refractivity contribution in [3.63, 3.8) is 0 Å². The summed E-state index contributed by atoms with van der Waals surface area (Å²) in [7, 11) is 0. The average molecular weight is 175 g/mol. The largest absolute Gasteiger partial charge is 0.395 e. The Labute approximate surface area is 68.5 Å². The minimum atomic E-state index is -1.03. The maximum atomic E-state index is 9.18. The monoisotopic (exact) mass is 175 g/mol. The lowest BCUT2D eigenvalue weighted by Crippen LogP contribution is -2.33. The maximum absolute atomic E-state index is 9.18. The van der Waals surface area contributed by atoms with Gasteiger partial charge in [-0.05, 0) is 0 Å². The van der Waals surface area contributed by atoms with Crippen molar-refractivity contribution in [3.05, 3.63) is 0 Å². The summed E-state index contributed by atoms with van der Waals surface area (Å²) in [6.45, 7) is -0.207. The van der Waals surface area contributed by atoms with Crippen LogP contribution in [0.1, 0.15) is 0 Å². The average Bonchev–Trinajstić information content (AvgIpc) is 2.30. The first-order valence-electron chi connectivity index (χ1n) is 3.22. The van der Waals surface area contributed by atoms with E-state index < -0.39 is 22.7 Å². The van der Waals surface area contributed by atoms with Gasteiger partial charge in [0.25, 0.3) is 0 Å². The van der Waals surface area contributed by atoms with E-state index in [1.165, 1.54) is 0 Å². The third kappa shape index (κ3) is 1.49. The van der Waals surface area contributed by atoms with Gasteiger partial charge < -0.3 is 15.3 Å². The first-order chi connectivity index (χ1) is 5.20. The fourth-order valence-corrected chi connectivity index (χ4v) is 2.17. The highest BCUT2D eigenvalue weighted by atomic mass is 32.2. The summed E-state index contributed by atoms with van der Waals surface area (Å²) in [5.41, 5.74) is 0. The van der Waals surface area contributed by atoms with Gasteiger partial charge >= 0.3 is 0 Å². The SMILES string of the molecule is N#CC1SC(CO)C(O)C1O. The first-order valence-corrected chi connectivity index (χ1v) is 4.17. The molecule has 4 atom stereocenters. The number of nitriles is 1. The number of aliphatic hydroxyl groups excluding tert-OH is 3. The molecule has 0 saturated carbocycles. The van der Waals surface area contributed by atoms with Crippen molar-refractivity contribution in [3.8, 4) is 6.07 Å². The summed E-state index contributed by atoms with van der Waals surface area (Å²) < 4.78 is 0. The van der Waals surface area contributed by atoms with Gasteiger partial charge in [-0.2, -0.15) is 5.26 Å². The molecule has 62 valence electrons. The van der Waals surface area contributed by atoms with E-state index in [4.69, 9.17) is 15.5 Å². The normalized spacial score (nSPS) is 43.8. The minimum absolute atomic E-state index is 0.207. The number of rotatable bonds is 1. The van der Waals surface area contributed by atoms with Crippen LogP contribution in [0, 0.1) is 11.3 Å². The molecule has 5 heteroatoms. The molecule has 0 radical (unpaired) electrons. The fraction of sp³-hybridized carbons (Fsp3) is 0.833. The number of hydrogen-bond donors (Lipinski definition) is 3. The van der Waals surface area contributed by atoms with E-state index in [2.05, 4.69) is 0 Å². The minimum Gasteiger partial charge on any atom is -0.395 e. The molecular weight excluding hydrogens is 166 g/mol. The summed E-state index contributed by atoms with van der Waals surface area (Å²) in [4.78, 5) is 0. The Morgan fingerprint density at radius 2 is 2.00 bits per heavy atom. The summed E-state index contributed by atoms with van der Waals surface area (Å²) in [6, 6.07) is 1.85. The van der Waals surface area contributed by atoms with Crippen LogP contribution in [-0.4, -0.2) is 44.6 Å². The van der Waals surface area contributed by atoms with Crippen LogP contribution in [0.4, 0.5) is 0 Å². The van der Waals surface area contributed by atoms with Gasteiger partial charge in [0, 0.05) is 0 Å². The van der Waals surface area contributed by atoms with Gasteiger partial charge in [-0.15, -0.1) is 11.8 Å². The zero-order valence-corrected chi connectivity index (χ0v) is 6.53. The van der Waals surface area contributed by atoms with Crippen molar-refractivity contribution >= 4 is 11.8 Å². The highest BCUT2D eigenvalue weighted by Crippen LogP contribution is 2.33. The van der Waals surface area contributed by atoms with E-state index in [9.17, 15) is 5.11 Å². The number of aliphatic hydroxyl groups is 3. The summed E-state index contributed by atoms with van der Waals surface area (Å²) in [5, 5.41) is 34.4. The van der Waals surface area contributed by atoms with E-state index in [-0.39, 0.29) is 6.61 Å². The molecule has 4 unspecified atom stereocenters. The summed E-state index contributed by atoms with van der Waals surface area (Å²) >= 11 is 1.12. The van der Waals surface area contributed by atoms with E-state index in [0.717, 1.165) is 11.8 Å². The van der Waals surface area contributed by atoms with Crippen molar-refractivity contribution in [2.75, 3.05) is 6.61 Å². The van der Waals surface area contributed by atoms with Gasteiger partial charge in [0.15, 0.2) is 0 Å². The molecule has 0 bridgehead atoms. The molecule has 0 spiro atoms. The lowest BCUT2D eigenvalue weighted by Gasteiger charge is -2.11. The molecule has 0 aromatic rings. The number of hydrogen-bond acceptors (Lipinski definition) is 5. The Balaban J connectivity index is 2.62. The van der Waals surface area contributed by atoms with E-state index in [1.807, 2.05) is 6.07 Å². The van der Waals surface area contributed by atoms with Gasteiger partial charge in [-0.3, -0.25) is 0 Å². The molecule has 1 aliphatic heterocycles. The highest BCUT2D eigenvalue weighted by Gasteiger charge is 2.41.